The fraction of sp³-hybridized carbons (Fsp3) is 0.412. The van der Waals surface area contributed by atoms with Crippen LogP contribution in [0.5, 0.6) is 5.75 Å². The number of para-hydroxylation sites is 1. The van der Waals surface area contributed by atoms with Gasteiger partial charge >= 0.3 is 5.97 Å². The van der Waals surface area contributed by atoms with Gasteiger partial charge in [0, 0.05) is 11.9 Å². The molecule has 1 aliphatic heterocycles. The van der Waals surface area contributed by atoms with E-state index >= 15 is 0 Å². The van der Waals surface area contributed by atoms with Crippen LogP contribution >= 0.6 is 11.3 Å². The second-order valence-corrected chi connectivity index (χ2v) is 6.35. The molecular formula is C17H20N2O3S. The van der Waals surface area contributed by atoms with E-state index in [2.05, 4.69) is 10.3 Å². The van der Waals surface area contributed by atoms with Crippen LogP contribution in [0.2, 0.25) is 0 Å². The largest absolute Gasteiger partial charge is 0.496 e. The highest BCUT2D eigenvalue weighted by molar-refractivity contribution is 7.13. The van der Waals surface area contributed by atoms with Gasteiger partial charge in [-0.2, -0.15) is 0 Å². The molecule has 3 rings (SSSR count). The Balaban J connectivity index is 1.76. The molecule has 0 N–H and O–H groups in total. The van der Waals surface area contributed by atoms with Crippen LogP contribution in [0.25, 0.3) is 10.6 Å². The smallest absolute Gasteiger partial charge is 0.323 e. The van der Waals surface area contributed by atoms with Gasteiger partial charge in [-0.25, -0.2) is 4.98 Å². The average Bonchev–Trinajstić information content (AvgIpc) is 3.24. The lowest BCUT2D eigenvalue weighted by molar-refractivity contribution is -0.146. The molecule has 1 fully saturated rings. The lowest BCUT2D eigenvalue weighted by Gasteiger charge is -2.21. The van der Waals surface area contributed by atoms with Gasteiger partial charge in [0.05, 0.1) is 25.5 Å². The Hall–Kier alpha value is -1.92. The molecule has 0 aliphatic carbocycles. The molecule has 1 aliphatic rings. The fourth-order valence-corrected chi connectivity index (χ4v) is 3.79. The Morgan fingerprint density at radius 2 is 2.22 bits per heavy atom. The van der Waals surface area contributed by atoms with E-state index in [0.717, 1.165) is 41.4 Å². The van der Waals surface area contributed by atoms with Gasteiger partial charge in [-0.3, -0.25) is 9.69 Å². The van der Waals surface area contributed by atoms with Crippen LogP contribution < -0.4 is 4.74 Å². The molecule has 1 atom stereocenters. The Bertz CT molecular complexity index is 686. The molecule has 5 nitrogen and oxygen atoms in total. The van der Waals surface area contributed by atoms with E-state index in [1.54, 1.807) is 18.4 Å². The summed E-state index contributed by atoms with van der Waals surface area (Å²) < 4.78 is 10.3. The highest BCUT2D eigenvalue weighted by Crippen LogP contribution is 2.32. The van der Waals surface area contributed by atoms with Crippen molar-refractivity contribution in [2.24, 2.45) is 0 Å². The summed E-state index contributed by atoms with van der Waals surface area (Å²) >= 11 is 1.60. The third kappa shape index (κ3) is 3.38. The Morgan fingerprint density at radius 1 is 1.39 bits per heavy atom. The van der Waals surface area contributed by atoms with E-state index in [4.69, 9.17) is 14.5 Å². The number of hydrogen-bond acceptors (Lipinski definition) is 6. The number of carbonyl (C=O) groups is 1. The highest BCUT2D eigenvalue weighted by Gasteiger charge is 2.31. The maximum absolute atomic E-state index is 11.8. The van der Waals surface area contributed by atoms with E-state index in [-0.39, 0.29) is 12.0 Å². The zero-order chi connectivity index (χ0) is 16.2. The molecule has 0 radical (unpaired) electrons. The maximum Gasteiger partial charge on any atom is 0.323 e. The van der Waals surface area contributed by atoms with E-state index in [0.29, 0.717) is 6.54 Å². The van der Waals surface area contributed by atoms with Gasteiger partial charge in [-0.05, 0) is 31.5 Å². The van der Waals surface area contributed by atoms with Crippen LogP contribution in [0, 0.1) is 0 Å². The van der Waals surface area contributed by atoms with Crippen molar-refractivity contribution in [3.63, 3.8) is 0 Å². The fourth-order valence-electron chi connectivity index (χ4n) is 2.95. The monoisotopic (exact) mass is 332 g/mol. The molecule has 0 saturated carbocycles. The number of methoxy groups -OCH3 is 2. The summed E-state index contributed by atoms with van der Waals surface area (Å²) in [5, 5.41) is 2.99. The Morgan fingerprint density at radius 3 is 3.00 bits per heavy atom. The van der Waals surface area contributed by atoms with Crippen LogP contribution in [-0.4, -0.2) is 42.7 Å². The number of carbonyl (C=O) groups excluding carboxylic acids is 1. The van der Waals surface area contributed by atoms with Crippen molar-refractivity contribution in [3.05, 3.63) is 35.3 Å². The van der Waals surface area contributed by atoms with Gasteiger partial charge in [-0.1, -0.05) is 12.1 Å². The summed E-state index contributed by atoms with van der Waals surface area (Å²) in [6.07, 6.45) is 1.87. The second kappa shape index (κ2) is 7.10. The van der Waals surface area contributed by atoms with Crippen molar-refractivity contribution < 1.29 is 14.3 Å². The third-order valence-electron chi connectivity index (χ3n) is 4.09. The van der Waals surface area contributed by atoms with Crippen LogP contribution in [0.1, 0.15) is 18.5 Å². The first-order valence-electron chi connectivity index (χ1n) is 7.62. The van der Waals surface area contributed by atoms with E-state index in [1.165, 1.54) is 7.11 Å². The highest BCUT2D eigenvalue weighted by atomic mass is 32.1. The first-order chi connectivity index (χ1) is 11.2. The van der Waals surface area contributed by atoms with Crippen molar-refractivity contribution in [1.29, 1.82) is 0 Å². The predicted molar refractivity (Wildman–Crippen MR) is 89.6 cm³/mol. The van der Waals surface area contributed by atoms with E-state index in [1.807, 2.05) is 24.3 Å². The van der Waals surface area contributed by atoms with E-state index < -0.39 is 0 Å². The summed E-state index contributed by atoms with van der Waals surface area (Å²) in [6.45, 7) is 1.58. The molecule has 1 aromatic carbocycles. The van der Waals surface area contributed by atoms with Crippen molar-refractivity contribution in [1.82, 2.24) is 9.88 Å². The number of aromatic nitrogens is 1. The molecule has 1 unspecified atom stereocenters. The van der Waals surface area contributed by atoms with Crippen molar-refractivity contribution in [3.8, 4) is 16.3 Å². The number of nitrogens with zero attached hydrogens (tertiary/aromatic N) is 2. The molecule has 0 spiro atoms. The van der Waals surface area contributed by atoms with Crippen LogP contribution in [0.15, 0.2) is 29.6 Å². The Kier molecular flexibility index (Phi) is 4.93. The number of benzene rings is 1. The number of rotatable bonds is 5. The van der Waals surface area contributed by atoms with Crippen molar-refractivity contribution in [2.45, 2.75) is 25.4 Å². The molecule has 2 heterocycles. The standard InChI is InChI=1S/C17H20N2O3S/c1-21-15-8-4-3-6-13(15)16-18-12(11-23-16)10-19-9-5-7-14(19)17(20)22-2/h3-4,6,8,11,14H,5,7,9-10H2,1-2H3. The van der Waals surface area contributed by atoms with Crippen LogP contribution in [0.4, 0.5) is 0 Å². The zero-order valence-corrected chi connectivity index (χ0v) is 14.1. The summed E-state index contributed by atoms with van der Waals surface area (Å²) in [4.78, 5) is 18.7. The summed E-state index contributed by atoms with van der Waals surface area (Å²) in [5.41, 5.74) is 1.98. The third-order valence-corrected chi connectivity index (χ3v) is 5.02. The Labute approximate surface area is 139 Å². The predicted octanol–water partition coefficient (Wildman–Crippen LogP) is 2.96. The molecule has 2 aromatic rings. The van der Waals surface area contributed by atoms with Gasteiger partial charge < -0.3 is 9.47 Å². The van der Waals surface area contributed by atoms with Gasteiger partial charge in [0.2, 0.25) is 0 Å². The van der Waals surface area contributed by atoms with Gasteiger partial charge in [0.15, 0.2) is 0 Å². The number of likely N-dealkylation sites (tertiary alicyclic amines) is 1. The van der Waals surface area contributed by atoms with Crippen LogP contribution in [-0.2, 0) is 16.1 Å². The normalized spacial score (nSPS) is 18.1. The minimum Gasteiger partial charge on any atom is -0.496 e. The number of esters is 1. The van der Waals surface area contributed by atoms with Gasteiger partial charge in [0.25, 0.3) is 0 Å². The lowest BCUT2D eigenvalue weighted by atomic mass is 10.2. The average molecular weight is 332 g/mol. The van der Waals surface area contributed by atoms with Crippen molar-refractivity contribution in [2.75, 3.05) is 20.8 Å². The number of hydrogen-bond donors (Lipinski definition) is 0. The minimum atomic E-state index is -0.150. The molecule has 122 valence electrons. The first kappa shape index (κ1) is 16.0. The maximum atomic E-state index is 11.8. The first-order valence-corrected chi connectivity index (χ1v) is 8.50. The topological polar surface area (TPSA) is 51.7 Å². The molecule has 23 heavy (non-hydrogen) atoms. The quantitative estimate of drug-likeness (QED) is 0.788. The number of thiazole rings is 1. The summed E-state index contributed by atoms with van der Waals surface area (Å²) in [7, 11) is 3.11. The van der Waals surface area contributed by atoms with Crippen molar-refractivity contribution >= 4 is 17.3 Å². The van der Waals surface area contributed by atoms with Gasteiger partial charge in [0.1, 0.15) is 16.8 Å². The summed E-state index contributed by atoms with van der Waals surface area (Å²) in [5.74, 6) is 0.671. The molecular weight excluding hydrogens is 312 g/mol. The minimum absolute atomic E-state index is 0.142. The second-order valence-electron chi connectivity index (χ2n) is 5.50. The lowest BCUT2D eigenvalue weighted by Crippen LogP contribution is -2.36. The summed E-state index contributed by atoms with van der Waals surface area (Å²) in [6, 6.07) is 7.73. The SMILES string of the molecule is COC(=O)C1CCCN1Cc1csc(-c2ccccc2OC)n1. The van der Waals surface area contributed by atoms with E-state index in [9.17, 15) is 4.79 Å². The van der Waals surface area contributed by atoms with Crippen LogP contribution in [0.3, 0.4) is 0 Å². The molecule has 1 aromatic heterocycles. The molecule has 0 amide bonds. The number of ether oxygens (including phenoxy) is 2. The zero-order valence-electron chi connectivity index (χ0n) is 13.3. The molecule has 6 heteroatoms. The van der Waals surface area contributed by atoms with Gasteiger partial charge in [-0.15, -0.1) is 11.3 Å². The molecule has 1 saturated heterocycles. The molecule has 0 bridgehead atoms.